The number of hydrogen-bond acceptors (Lipinski definition) is 15. The number of alkyl halides is 1. The molecule has 4 rings (SSSR count). The highest BCUT2D eigenvalue weighted by Crippen LogP contribution is 2.49. The summed E-state index contributed by atoms with van der Waals surface area (Å²) < 4.78 is 45.7. The molecule has 2 saturated heterocycles. The number of ether oxygens (including phenoxy) is 8. The molecule has 4 bridgehead atoms. The van der Waals surface area contributed by atoms with E-state index in [1.165, 1.54) is 38.0 Å². The number of nitrogens with one attached hydrogen (secondary N) is 3. The predicted octanol–water partition coefficient (Wildman–Crippen LogP) is 3.75. The molecule has 1 aromatic rings. The fraction of sp³-hybridized carbons (Fsp3) is 0.667. The van der Waals surface area contributed by atoms with Gasteiger partial charge in [-0.25, -0.2) is 9.59 Å². The SMILES string of the molecule is COc1cc2cc(c1Cl)N(C)C(=O)C[C@H](OC(=O)[C@H](C)N(C)C(=O)CCCCC(=O)NCCOCCOCCOCCNC(=O)CBr)[C@]1(C)O[C@H]1[C@H](C)[C@@H]1C[C@@](O)(NC(=O)O1)[C@H](OC)/C=C/C=C(\C)C2. The number of rotatable bonds is 23. The quantitative estimate of drug-likeness (QED) is 0.0528. The van der Waals surface area contributed by atoms with Gasteiger partial charge in [0.05, 0.1) is 70.3 Å². The fourth-order valence-electron chi connectivity index (χ4n) is 8.16. The highest BCUT2D eigenvalue weighted by molar-refractivity contribution is 9.09. The Balaban J connectivity index is 1.35. The summed E-state index contributed by atoms with van der Waals surface area (Å²) in [6.07, 6.45) is 1.65. The van der Waals surface area contributed by atoms with Crippen molar-refractivity contribution in [3.05, 3.63) is 46.5 Å². The molecular weight excluding hydrogens is 1000 g/mol. The van der Waals surface area contributed by atoms with Crippen LogP contribution in [0.25, 0.3) is 0 Å². The average molecular weight is 1070 g/mol. The standard InChI is InChI=1S/C48H71BrClN5O15/c1-30-12-11-13-37(64-8)48(62)28-36(68-46(61)53-48)31(2)44-47(4,70-44)38(27-42(59)55(6)34-25-33(24-30)26-35(63-7)43(34)50)69-45(60)32(3)54(5)41(58)15-10-9-14-39(56)51-16-18-65-20-22-67-23-21-66-19-17-52-40(57)29-49/h11-13,25-26,31-32,36-38,44,62H,9-10,14-24,27-29H2,1-8H3,(H,51,56)(H,52,57)(H,53,61)/b13-11+,30-12+/t31-,32+,36+,37-,38+,44+,47+,48+/m1/s1. The summed E-state index contributed by atoms with van der Waals surface area (Å²) >= 11 is 9.87. The van der Waals surface area contributed by atoms with E-state index in [4.69, 9.17) is 49.5 Å². The van der Waals surface area contributed by atoms with Gasteiger partial charge in [0.25, 0.3) is 0 Å². The Labute approximate surface area is 423 Å². The third-order valence-electron chi connectivity index (χ3n) is 12.6. The minimum Gasteiger partial charge on any atom is -0.495 e. The number of esters is 1. The van der Waals surface area contributed by atoms with Crippen molar-refractivity contribution in [1.29, 1.82) is 0 Å². The van der Waals surface area contributed by atoms with Crippen molar-refractivity contribution < 1.29 is 71.8 Å². The number of aliphatic hydroxyl groups is 1. The first-order valence-electron chi connectivity index (χ1n) is 23.5. The second kappa shape index (κ2) is 28.0. The maximum atomic E-state index is 14.3. The lowest BCUT2D eigenvalue weighted by molar-refractivity contribution is -0.162. The summed E-state index contributed by atoms with van der Waals surface area (Å²) in [6.45, 7) is 9.81. The van der Waals surface area contributed by atoms with Gasteiger partial charge < -0.3 is 63.4 Å². The molecule has 0 aromatic heterocycles. The van der Waals surface area contributed by atoms with E-state index in [2.05, 4.69) is 31.9 Å². The molecule has 3 aliphatic rings. The number of unbranched alkanes of at least 4 members (excludes halogenated alkanes) is 1. The van der Waals surface area contributed by atoms with Crippen LogP contribution in [0.5, 0.6) is 5.75 Å². The van der Waals surface area contributed by atoms with E-state index < -0.39 is 65.7 Å². The zero-order chi connectivity index (χ0) is 51.6. The number of allylic oxidation sites excluding steroid dienone is 3. The summed E-state index contributed by atoms with van der Waals surface area (Å²) in [5.74, 6) is -2.12. The van der Waals surface area contributed by atoms with Crippen molar-refractivity contribution in [2.45, 2.75) is 114 Å². The van der Waals surface area contributed by atoms with Crippen LogP contribution in [0.3, 0.4) is 0 Å². The van der Waals surface area contributed by atoms with Crippen LogP contribution in [-0.2, 0) is 63.6 Å². The Bertz CT molecular complexity index is 2030. The van der Waals surface area contributed by atoms with Crippen LogP contribution in [0.15, 0.2) is 35.9 Å². The second-order valence-corrected chi connectivity index (χ2v) is 18.7. The van der Waals surface area contributed by atoms with Crippen molar-refractivity contribution in [1.82, 2.24) is 20.9 Å². The van der Waals surface area contributed by atoms with E-state index in [1.807, 2.05) is 13.0 Å². The topological polar surface area (TPSA) is 242 Å². The van der Waals surface area contributed by atoms with Crippen molar-refractivity contribution in [3.63, 3.8) is 0 Å². The van der Waals surface area contributed by atoms with Crippen molar-refractivity contribution in [3.8, 4) is 5.75 Å². The van der Waals surface area contributed by atoms with E-state index >= 15 is 0 Å². The lowest BCUT2D eigenvalue weighted by Crippen LogP contribution is -2.63. The first-order valence-corrected chi connectivity index (χ1v) is 25.0. The lowest BCUT2D eigenvalue weighted by atomic mass is 9.83. The number of fused-ring (bicyclic) bond motifs is 5. The van der Waals surface area contributed by atoms with Gasteiger partial charge in [-0.15, -0.1) is 0 Å². The Morgan fingerprint density at radius 3 is 2.27 bits per heavy atom. The van der Waals surface area contributed by atoms with Crippen LogP contribution in [-0.4, -0.2) is 174 Å². The van der Waals surface area contributed by atoms with Crippen molar-refractivity contribution >= 4 is 68.9 Å². The van der Waals surface area contributed by atoms with Gasteiger partial charge >= 0.3 is 12.1 Å². The van der Waals surface area contributed by atoms with Gasteiger partial charge in [0, 0.05) is 59.5 Å². The zero-order valence-electron chi connectivity index (χ0n) is 41.5. The minimum atomic E-state index is -1.86. The largest absolute Gasteiger partial charge is 0.495 e. The molecular formula is C48H71BrClN5O15. The average Bonchev–Trinajstić information content (AvgIpc) is 4.03. The van der Waals surface area contributed by atoms with Crippen LogP contribution >= 0.6 is 27.5 Å². The van der Waals surface area contributed by atoms with Gasteiger partial charge in [-0.3, -0.25) is 24.5 Å². The molecule has 0 spiro atoms. The molecule has 4 N–H and O–H groups in total. The van der Waals surface area contributed by atoms with Gasteiger partial charge in [-0.2, -0.15) is 0 Å². The molecule has 3 aliphatic heterocycles. The third kappa shape index (κ3) is 16.9. The number of hydrogen-bond donors (Lipinski definition) is 4. The molecule has 392 valence electrons. The molecule has 20 nitrogen and oxygen atoms in total. The first-order chi connectivity index (χ1) is 33.3. The monoisotopic (exact) mass is 1070 g/mol. The van der Waals surface area contributed by atoms with Crippen LogP contribution < -0.4 is 25.6 Å². The second-order valence-electron chi connectivity index (χ2n) is 17.8. The number of amides is 5. The smallest absolute Gasteiger partial charge is 0.409 e. The summed E-state index contributed by atoms with van der Waals surface area (Å²) in [5.41, 5.74) is -1.09. The highest BCUT2D eigenvalue weighted by atomic mass is 79.9. The number of benzene rings is 1. The van der Waals surface area contributed by atoms with Crippen molar-refractivity contribution in [2.24, 2.45) is 5.92 Å². The van der Waals surface area contributed by atoms with Gasteiger partial charge in [-0.1, -0.05) is 58.3 Å². The van der Waals surface area contributed by atoms with E-state index in [0.29, 0.717) is 83.4 Å². The Kier molecular flexibility index (Phi) is 23.3. The Morgan fingerprint density at radius 1 is 1.01 bits per heavy atom. The van der Waals surface area contributed by atoms with E-state index in [1.54, 1.807) is 45.2 Å². The number of alkyl carbamates (subject to hydrolysis) is 1. The molecule has 8 atom stereocenters. The molecule has 0 saturated carbocycles. The molecule has 1 aromatic carbocycles. The number of likely N-dealkylation sites (N-methyl/N-ethyl adjacent to an activating group) is 1. The highest BCUT2D eigenvalue weighted by Gasteiger charge is 2.64. The van der Waals surface area contributed by atoms with Crippen LogP contribution in [0.4, 0.5) is 10.5 Å². The van der Waals surface area contributed by atoms with Crippen LogP contribution in [0.2, 0.25) is 5.02 Å². The number of anilines is 1. The molecule has 3 heterocycles. The first kappa shape index (κ1) is 58.2. The molecule has 0 radical (unpaired) electrons. The number of methoxy groups -OCH3 is 2. The van der Waals surface area contributed by atoms with Gasteiger partial charge in [0.1, 0.15) is 40.7 Å². The van der Waals surface area contributed by atoms with Crippen LogP contribution in [0.1, 0.15) is 71.8 Å². The molecule has 70 heavy (non-hydrogen) atoms. The van der Waals surface area contributed by atoms with E-state index in [9.17, 15) is 33.9 Å². The van der Waals surface area contributed by atoms with E-state index in [-0.39, 0.29) is 53.8 Å². The normalized spacial score (nSPS) is 26.3. The lowest BCUT2D eigenvalue weighted by Gasteiger charge is -2.42. The fourth-order valence-corrected chi connectivity index (χ4v) is 8.67. The Hall–Kier alpha value is -4.35. The predicted molar refractivity (Wildman–Crippen MR) is 262 cm³/mol. The zero-order valence-corrected chi connectivity index (χ0v) is 43.8. The number of epoxide rings is 1. The summed E-state index contributed by atoms with van der Waals surface area (Å²) in [7, 11) is 5.93. The third-order valence-corrected chi connectivity index (χ3v) is 13.5. The number of carbonyl (C=O) groups is 6. The van der Waals surface area contributed by atoms with Gasteiger partial charge in [0.15, 0.2) is 5.72 Å². The molecule has 0 unspecified atom stereocenters. The molecule has 5 amide bonds. The summed E-state index contributed by atoms with van der Waals surface area (Å²) in [5, 5.41) is 20.2. The van der Waals surface area contributed by atoms with Crippen LogP contribution in [0, 0.1) is 5.92 Å². The number of halogens is 2. The Morgan fingerprint density at radius 2 is 1.64 bits per heavy atom. The number of carbonyl (C=O) groups excluding carboxylic acids is 6. The number of nitrogens with zero attached hydrogens (tertiary/aromatic N) is 2. The van der Waals surface area contributed by atoms with Gasteiger partial charge in [-0.05, 0) is 57.7 Å². The molecule has 22 heteroatoms. The van der Waals surface area contributed by atoms with Gasteiger partial charge in [0.2, 0.25) is 23.6 Å². The van der Waals surface area contributed by atoms with E-state index in [0.717, 1.165) is 11.1 Å². The maximum absolute atomic E-state index is 14.3. The molecule has 2 fully saturated rings. The summed E-state index contributed by atoms with van der Waals surface area (Å²) in [4.78, 5) is 80.8. The van der Waals surface area contributed by atoms with Crippen molar-refractivity contribution in [2.75, 3.05) is 91.3 Å². The minimum absolute atomic E-state index is 0.0655. The maximum Gasteiger partial charge on any atom is 0.409 e. The molecule has 0 aliphatic carbocycles. The summed E-state index contributed by atoms with van der Waals surface area (Å²) in [6, 6.07) is 2.48.